The number of nitriles is 1. The molecule has 0 heterocycles. The summed E-state index contributed by atoms with van der Waals surface area (Å²) in [7, 11) is 0. The molecular formula is C9H16N2O2. The molecule has 4 heteroatoms. The fraction of sp³-hybridized carbons (Fsp3) is 0.778. The summed E-state index contributed by atoms with van der Waals surface area (Å²) in [5, 5.41) is 8.15. The van der Waals surface area contributed by atoms with Crippen LogP contribution < -0.4 is 0 Å². The van der Waals surface area contributed by atoms with Crippen molar-refractivity contribution in [2.24, 2.45) is 0 Å². The van der Waals surface area contributed by atoms with Crippen LogP contribution >= 0.6 is 0 Å². The Morgan fingerprint density at radius 2 is 2.08 bits per heavy atom. The van der Waals surface area contributed by atoms with E-state index in [1.165, 1.54) is 0 Å². The van der Waals surface area contributed by atoms with Crippen molar-refractivity contribution in [2.75, 3.05) is 26.2 Å². The van der Waals surface area contributed by atoms with Gasteiger partial charge in [0.15, 0.2) is 6.61 Å². The molecule has 0 amide bonds. The highest BCUT2D eigenvalue weighted by Crippen LogP contribution is 1.92. The van der Waals surface area contributed by atoms with Crippen LogP contribution in [0.15, 0.2) is 0 Å². The van der Waals surface area contributed by atoms with Crippen LogP contribution in [-0.4, -0.2) is 37.1 Å². The van der Waals surface area contributed by atoms with Crippen LogP contribution in [0.2, 0.25) is 0 Å². The van der Waals surface area contributed by atoms with Crippen molar-refractivity contribution in [3.05, 3.63) is 0 Å². The number of rotatable bonds is 6. The summed E-state index contributed by atoms with van der Waals surface area (Å²) in [5.41, 5.74) is 0. The average Bonchev–Trinajstić information content (AvgIpc) is 2.16. The molecule has 74 valence electrons. The molecule has 13 heavy (non-hydrogen) atoms. The molecule has 4 nitrogen and oxygen atoms in total. The van der Waals surface area contributed by atoms with Gasteiger partial charge in [0.2, 0.25) is 0 Å². The van der Waals surface area contributed by atoms with Gasteiger partial charge in [-0.2, -0.15) is 5.26 Å². The SMILES string of the molecule is CCN(CC)CCC(=O)OCC#N. The Hall–Kier alpha value is -1.08. The topological polar surface area (TPSA) is 53.3 Å². The maximum atomic E-state index is 10.9. The van der Waals surface area contributed by atoms with Gasteiger partial charge in [-0.1, -0.05) is 13.8 Å². The van der Waals surface area contributed by atoms with E-state index < -0.39 is 0 Å². The molecule has 0 unspecified atom stereocenters. The first-order valence-corrected chi connectivity index (χ1v) is 4.49. The number of carbonyl (C=O) groups excluding carboxylic acids is 1. The van der Waals surface area contributed by atoms with Gasteiger partial charge in [0.1, 0.15) is 6.07 Å². The fourth-order valence-corrected chi connectivity index (χ4v) is 0.974. The number of esters is 1. The highest BCUT2D eigenvalue weighted by Gasteiger charge is 2.05. The summed E-state index contributed by atoms with van der Waals surface area (Å²) in [6.45, 7) is 6.52. The number of hydrogen-bond acceptors (Lipinski definition) is 4. The zero-order valence-electron chi connectivity index (χ0n) is 8.25. The summed E-state index contributed by atoms with van der Waals surface area (Å²) in [6, 6.07) is 1.76. The van der Waals surface area contributed by atoms with Crippen molar-refractivity contribution in [3.63, 3.8) is 0 Å². The minimum absolute atomic E-state index is 0.142. The third-order valence-corrected chi connectivity index (χ3v) is 1.82. The van der Waals surface area contributed by atoms with E-state index in [9.17, 15) is 4.79 Å². The van der Waals surface area contributed by atoms with E-state index in [4.69, 9.17) is 5.26 Å². The third kappa shape index (κ3) is 6.12. The van der Waals surface area contributed by atoms with Gasteiger partial charge in [-0.15, -0.1) is 0 Å². The molecule has 0 aromatic heterocycles. The zero-order valence-corrected chi connectivity index (χ0v) is 8.25. The van der Waals surface area contributed by atoms with E-state index in [1.54, 1.807) is 6.07 Å². The second kappa shape index (κ2) is 7.56. The lowest BCUT2D eigenvalue weighted by Gasteiger charge is -2.16. The summed E-state index contributed by atoms with van der Waals surface area (Å²) < 4.78 is 4.60. The van der Waals surface area contributed by atoms with Gasteiger partial charge in [0.25, 0.3) is 0 Å². The molecule has 0 saturated carbocycles. The molecule has 0 rings (SSSR count). The minimum atomic E-state index is -0.298. The standard InChI is InChI=1S/C9H16N2O2/c1-3-11(4-2)7-5-9(12)13-8-6-10/h3-5,7-8H2,1-2H3. The molecule has 0 N–H and O–H groups in total. The van der Waals surface area contributed by atoms with Gasteiger partial charge in [-0.3, -0.25) is 4.79 Å². The van der Waals surface area contributed by atoms with Crippen LogP contribution in [0.4, 0.5) is 0 Å². The zero-order chi connectivity index (χ0) is 10.1. The van der Waals surface area contributed by atoms with Crippen molar-refractivity contribution in [3.8, 4) is 6.07 Å². The Bertz CT molecular complexity index is 183. The Labute approximate surface area is 79.1 Å². The summed E-state index contributed by atoms with van der Waals surface area (Å²) in [6.07, 6.45) is 0.364. The highest BCUT2D eigenvalue weighted by molar-refractivity contribution is 5.69. The quantitative estimate of drug-likeness (QED) is 0.572. The largest absolute Gasteiger partial charge is 0.450 e. The fourth-order valence-electron chi connectivity index (χ4n) is 0.974. The summed E-state index contributed by atoms with van der Waals surface area (Å²) in [5.74, 6) is -0.298. The maximum absolute atomic E-state index is 10.9. The van der Waals surface area contributed by atoms with Crippen LogP contribution in [0.3, 0.4) is 0 Å². The average molecular weight is 184 g/mol. The Morgan fingerprint density at radius 3 is 2.54 bits per heavy atom. The van der Waals surface area contributed by atoms with Crippen LogP contribution in [-0.2, 0) is 9.53 Å². The normalized spacial score (nSPS) is 9.69. The van der Waals surface area contributed by atoms with Crippen molar-refractivity contribution in [1.82, 2.24) is 4.90 Å². The molecule has 0 radical (unpaired) electrons. The highest BCUT2D eigenvalue weighted by atomic mass is 16.5. The molecule has 0 aliphatic heterocycles. The van der Waals surface area contributed by atoms with Crippen molar-refractivity contribution < 1.29 is 9.53 Å². The minimum Gasteiger partial charge on any atom is -0.450 e. The van der Waals surface area contributed by atoms with Gasteiger partial charge in [-0.05, 0) is 13.1 Å². The van der Waals surface area contributed by atoms with E-state index in [1.807, 2.05) is 13.8 Å². The number of nitrogens with zero attached hydrogens (tertiary/aromatic N) is 2. The van der Waals surface area contributed by atoms with E-state index >= 15 is 0 Å². The summed E-state index contributed by atoms with van der Waals surface area (Å²) >= 11 is 0. The van der Waals surface area contributed by atoms with Crippen LogP contribution in [0.1, 0.15) is 20.3 Å². The first kappa shape index (κ1) is 11.9. The summed E-state index contributed by atoms with van der Waals surface area (Å²) in [4.78, 5) is 13.1. The van der Waals surface area contributed by atoms with Crippen molar-refractivity contribution in [2.45, 2.75) is 20.3 Å². The molecule has 0 aromatic rings. The molecule has 0 aliphatic rings. The van der Waals surface area contributed by atoms with E-state index in [2.05, 4.69) is 9.64 Å². The molecule has 0 spiro atoms. The third-order valence-electron chi connectivity index (χ3n) is 1.82. The number of carbonyl (C=O) groups is 1. The van der Waals surface area contributed by atoms with E-state index in [0.29, 0.717) is 13.0 Å². The molecule has 0 bridgehead atoms. The molecule has 0 atom stereocenters. The second-order valence-corrected chi connectivity index (χ2v) is 2.60. The van der Waals surface area contributed by atoms with Gasteiger partial charge in [0, 0.05) is 6.54 Å². The maximum Gasteiger partial charge on any atom is 0.308 e. The first-order valence-electron chi connectivity index (χ1n) is 4.49. The van der Waals surface area contributed by atoms with Crippen LogP contribution in [0.5, 0.6) is 0 Å². The predicted molar refractivity (Wildman–Crippen MR) is 49.0 cm³/mol. The van der Waals surface area contributed by atoms with Gasteiger partial charge < -0.3 is 9.64 Å². The lowest BCUT2D eigenvalue weighted by Crippen LogP contribution is -2.26. The van der Waals surface area contributed by atoms with E-state index in [-0.39, 0.29) is 12.6 Å². The first-order chi connectivity index (χ1) is 6.24. The van der Waals surface area contributed by atoms with Gasteiger partial charge in [-0.25, -0.2) is 0 Å². The predicted octanol–water partition coefficient (Wildman–Crippen LogP) is 0.785. The van der Waals surface area contributed by atoms with Crippen molar-refractivity contribution >= 4 is 5.97 Å². The number of ether oxygens (including phenoxy) is 1. The lowest BCUT2D eigenvalue weighted by molar-refractivity contribution is -0.142. The van der Waals surface area contributed by atoms with Crippen LogP contribution in [0.25, 0.3) is 0 Å². The molecule has 0 aliphatic carbocycles. The molecule has 0 aromatic carbocycles. The van der Waals surface area contributed by atoms with Gasteiger partial charge >= 0.3 is 5.97 Å². The second-order valence-electron chi connectivity index (χ2n) is 2.60. The Balaban J connectivity index is 3.51. The monoisotopic (exact) mass is 184 g/mol. The smallest absolute Gasteiger partial charge is 0.308 e. The molecular weight excluding hydrogens is 168 g/mol. The van der Waals surface area contributed by atoms with Gasteiger partial charge in [0.05, 0.1) is 6.42 Å². The van der Waals surface area contributed by atoms with Crippen LogP contribution in [0, 0.1) is 11.3 Å². The Kier molecular flexibility index (Phi) is 6.93. The number of hydrogen-bond donors (Lipinski definition) is 0. The molecule has 0 fully saturated rings. The van der Waals surface area contributed by atoms with Crippen molar-refractivity contribution in [1.29, 1.82) is 5.26 Å². The van der Waals surface area contributed by atoms with E-state index in [0.717, 1.165) is 13.1 Å². The molecule has 0 saturated heterocycles. The Morgan fingerprint density at radius 1 is 1.46 bits per heavy atom. The lowest BCUT2D eigenvalue weighted by atomic mass is 10.4.